The number of imide groups is 1. The second kappa shape index (κ2) is 6.45. The van der Waals surface area contributed by atoms with Crippen LogP contribution >= 0.6 is 0 Å². The van der Waals surface area contributed by atoms with Crippen LogP contribution in [-0.4, -0.2) is 44.4 Å². The second-order valence-corrected chi connectivity index (χ2v) is 5.80. The molecule has 0 fully saturated rings. The van der Waals surface area contributed by atoms with E-state index in [-0.39, 0.29) is 11.1 Å². The zero-order valence-electron chi connectivity index (χ0n) is 13.9. The van der Waals surface area contributed by atoms with Crippen molar-refractivity contribution in [3.8, 4) is 0 Å². The van der Waals surface area contributed by atoms with Crippen LogP contribution in [0.3, 0.4) is 0 Å². The Hall–Kier alpha value is -3.88. The molecule has 27 heavy (non-hydrogen) atoms. The molecule has 0 bridgehead atoms. The number of fused-ring (bicyclic) bond motifs is 2. The van der Waals surface area contributed by atoms with Crippen LogP contribution in [0.2, 0.25) is 0 Å². The van der Waals surface area contributed by atoms with Crippen LogP contribution < -0.4 is 5.56 Å². The molecule has 2 aromatic carbocycles. The summed E-state index contributed by atoms with van der Waals surface area (Å²) in [7, 11) is 0. The Kier molecular flexibility index (Phi) is 3.96. The maximum atomic E-state index is 12.3. The number of carbonyl (C=O) groups excluding carboxylic acids is 3. The zero-order valence-corrected chi connectivity index (χ0v) is 13.9. The van der Waals surface area contributed by atoms with Gasteiger partial charge < -0.3 is 4.74 Å². The van der Waals surface area contributed by atoms with Crippen LogP contribution in [-0.2, 0) is 16.1 Å². The summed E-state index contributed by atoms with van der Waals surface area (Å²) in [6.45, 7) is -1.03. The monoisotopic (exact) mass is 364 g/mol. The van der Waals surface area contributed by atoms with Gasteiger partial charge in [-0.1, -0.05) is 29.5 Å². The third-order valence-electron chi connectivity index (χ3n) is 4.14. The molecule has 3 aromatic rings. The molecule has 1 aromatic heterocycles. The van der Waals surface area contributed by atoms with E-state index in [0.717, 1.165) is 9.58 Å². The SMILES string of the molecule is O=C(Cn1nnc2ccccc2c1=O)OCN1C(=O)c2ccccc2C1=O. The van der Waals surface area contributed by atoms with Gasteiger partial charge in [-0.3, -0.25) is 14.4 Å². The Morgan fingerprint density at radius 3 is 2.26 bits per heavy atom. The van der Waals surface area contributed by atoms with Crippen LogP contribution in [0.25, 0.3) is 10.9 Å². The highest BCUT2D eigenvalue weighted by atomic mass is 16.5. The number of amides is 2. The fraction of sp³-hybridized carbons (Fsp3) is 0.111. The fourth-order valence-electron chi connectivity index (χ4n) is 2.79. The van der Waals surface area contributed by atoms with Crippen molar-refractivity contribution >= 4 is 28.7 Å². The van der Waals surface area contributed by atoms with Gasteiger partial charge in [-0.2, -0.15) is 4.68 Å². The summed E-state index contributed by atoms with van der Waals surface area (Å²) in [6, 6.07) is 13.0. The maximum Gasteiger partial charge on any atom is 0.329 e. The first-order valence-corrected chi connectivity index (χ1v) is 7.99. The number of carbonyl (C=O) groups is 3. The maximum absolute atomic E-state index is 12.3. The molecule has 134 valence electrons. The molecule has 0 N–H and O–H groups in total. The normalized spacial score (nSPS) is 13.1. The van der Waals surface area contributed by atoms with E-state index < -0.39 is 36.6 Å². The molecule has 0 saturated heterocycles. The number of aromatic nitrogens is 3. The number of benzene rings is 2. The lowest BCUT2D eigenvalue weighted by Crippen LogP contribution is -2.35. The summed E-state index contributed by atoms with van der Waals surface area (Å²) in [5, 5.41) is 7.88. The Labute approximate surface area is 151 Å². The average Bonchev–Trinajstić information content (AvgIpc) is 2.93. The number of esters is 1. The Morgan fingerprint density at radius 1 is 0.926 bits per heavy atom. The minimum Gasteiger partial charge on any atom is -0.442 e. The third kappa shape index (κ3) is 2.84. The molecule has 9 heteroatoms. The van der Waals surface area contributed by atoms with Crippen molar-refractivity contribution in [1.82, 2.24) is 19.9 Å². The second-order valence-electron chi connectivity index (χ2n) is 5.80. The quantitative estimate of drug-likeness (QED) is 0.492. The van der Waals surface area contributed by atoms with E-state index in [0.29, 0.717) is 10.9 Å². The largest absolute Gasteiger partial charge is 0.442 e. The summed E-state index contributed by atoms with van der Waals surface area (Å²) in [5.74, 6) is -1.89. The van der Waals surface area contributed by atoms with Crippen molar-refractivity contribution in [3.05, 3.63) is 70.0 Å². The number of rotatable bonds is 4. The van der Waals surface area contributed by atoms with Gasteiger partial charge in [0.15, 0.2) is 6.73 Å². The predicted octanol–water partition coefficient (Wildman–Crippen LogP) is 0.588. The van der Waals surface area contributed by atoms with Crippen LogP contribution in [0.4, 0.5) is 0 Å². The van der Waals surface area contributed by atoms with Gasteiger partial charge in [0.25, 0.3) is 17.4 Å². The predicted molar refractivity (Wildman–Crippen MR) is 91.7 cm³/mol. The van der Waals surface area contributed by atoms with Gasteiger partial charge in [0.1, 0.15) is 12.1 Å². The van der Waals surface area contributed by atoms with Crippen LogP contribution in [0, 0.1) is 0 Å². The van der Waals surface area contributed by atoms with Crippen molar-refractivity contribution in [2.75, 3.05) is 6.73 Å². The molecule has 9 nitrogen and oxygen atoms in total. The van der Waals surface area contributed by atoms with Crippen LogP contribution in [0.15, 0.2) is 53.3 Å². The molecule has 0 atom stereocenters. The van der Waals surface area contributed by atoms with E-state index in [4.69, 9.17) is 4.74 Å². The number of nitrogens with zero attached hydrogens (tertiary/aromatic N) is 4. The highest BCUT2D eigenvalue weighted by Crippen LogP contribution is 2.22. The molecular formula is C18H12N4O5. The lowest BCUT2D eigenvalue weighted by Gasteiger charge is -2.14. The molecule has 1 aliphatic heterocycles. The number of hydrogen-bond donors (Lipinski definition) is 0. The molecule has 0 aliphatic carbocycles. The fourth-order valence-corrected chi connectivity index (χ4v) is 2.79. The molecule has 0 spiro atoms. The molecule has 0 unspecified atom stereocenters. The van der Waals surface area contributed by atoms with Gasteiger partial charge in [0, 0.05) is 0 Å². The minimum atomic E-state index is -0.821. The topological polar surface area (TPSA) is 111 Å². The summed E-state index contributed by atoms with van der Waals surface area (Å²) in [4.78, 5) is 49.6. The van der Waals surface area contributed by atoms with Crippen molar-refractivity contribution in [2.45, 2.75) is 6.54 Å². The minimum absolute atomic E-state index is 0.259. The first-order chi connectivity index (χ1) is 13.1. The number of ether oxygens (including phenoxy) is 1. The summed E-state index contributed by atoms with van der Waals surface area (Å²) in [5.41, 5.74) is 0.446. The van der Waals surface area contributed by atoms with Gasteiger partial charge in [-0.05, 0) is 24.3 Å². The van der Waals surface area contributed by atoms with E-state index >= 15 is 0 Å². The number of hydrogen-bond acceptors (Lipinski definition) is 7. The highest BCUT2D eigenvalue weighted by Gasteiger charge is 2.35. The first-order valence-electron chi connectivity index (χ1n) is 7.99. The van der Waals surface area contributed by atoms with E-state index in [1.54, 1.807) is 36.4 Å². The lowest BCUT2D eigenvalue weighted by molar-refractivity contribution is -0.147. The van der Waals surface area contributed by atoms with Gasteiger partial charge >= 0.3 is 5.97 Å². The summed E-state index contributed by atoms with van der Waals surface area (Å²) < 4.78 is 5.85. The third-order valence-corrected chi connectivity index (χ3v) is 4.14. The van der Waals surface area contributed by atoms with Crippen molar-refractivity contribution in [2.24, 2.45) is 0 Å². The Bertz CT molecular complexity index is 1120. The van der Waals surface area contributed by atoms with E-state index in [2.05, 4.69) is 10.3 Å². The summed E-state index contributed by atoms with van der Waals surface area (Å²) >= 11 is 0. The highest BCUT2D eigenvalue weighted by molar-refractivity contribution is 6.21. The van der Waals surface area contributed by atoms with Crippen molar-refractivity contribution in [3.63, 3.8) is 0 Å². The average molecular weight is 364 g/mol. The standard InChI is InChI=1S/C18H12N4O5/c23-15(9-22-18(26)13-7-3-4-8-14(13)19-20-22)27-10-21-16(24)11-5-1-2-6-12(11)17(21)25/h1-8H,9-10H2. The van der Waals surface area contributed by atoms with Gasteiger partial charge in [-0.15, -0.1) is 5.10 Å². The summed E-state index contributed by atoms with van der Waals surface area (Å²) in [6.07, 6.45) is 0. The zero-order chi connectivity index (χ0) is 19.0. The van der Waals surface area contributed by atoms with Gasteiger partial charge in [0.2, 0.25) is 0 Å². The van der Waals surface area contributed by atoms with Gasteiger partial charge in [0.05, 0.1) is 16.5 Å². The van der Waals surface area contributed by atoms with Gasteiger partial charge in [-0.25, -0.2) is 9.69 Å². The van der Waals surface area contributed by atoms with E-state index in [9.17, 15) is 19.2 Å². The molecule has 0 radical (unpaired) electrons. The van der Waals surface area contributed by atoms with Crippen molar-refractivity contribution in [1.29, 1.82) is 0 Å². The molecule has 2 heterocycles. The van der Waals surface area contributed by atoms with Crippen LogP contribution in [0.1, 0.15) is 20.7 Å². The lowest BCUT2D eigenvalue weighted by atomic mass is 10.1. The molecule has 0 saturated carbocycles. The van der Waals surface area contributed by atoms with E-state index in [1.807, 2.05) is 0 Å². The van der Waals surface area contributed by atoms with Crippen molar-refractivity contribution < 1.29 is 19.1 Å². The Morgan fingerprint density at radius 2 is 1.56 bits per heavy atom. The first kappa shape index (κ1) is 16.6. The molecule has 1 aliphatic rings. The van der Waals surface area contributed by atoms with Crippen LogP contribution in [0.5, 0.6) is 0 Å². The molecule has 4 rings (SSSR count). The molecular weight excluding hydrogens is 352 g/mol. The molecule has 2 amide bonds. The Balaban J connectivity index is 1.46. The smallest absolute Gasteiger partial charge is 0.329 e. The van der Waals surface area contributed by atoms with E-state index in [1.165, 1.54) is 12.1 Å².